The number of rotatable bonds is 33. The predicted molar refractivity (Wildman–Crippen MR) is 201 cm³/mol. The molecule has 1 saturated heterocycles. The first-order valence-electron chi connectivity index (χ1n) is 20.2. The zero-order chi connectivity index (χ0) is 38.6. The van der Waals surface area contributed by atoms with Gasteiger partial charge in [-0.1, -0.05) is 154 Å². The fraction of sp³-hybridized carbons (Fsp3) is 0.921. The molecule has 0 aromatic rings. The molecule has 8 unspecified atom stereocenters. The van der Waals surface area contributed by atoms with Crippen molar-refractivity contribution in [3.63, 3.8) is 0 Å². The molecule has 0 saturated carbocycles. The van der Waals surface area contributed by atoms with Crippen LogP contribution in [0.5, 0.6) is 0 Å². The highest BCUT2D eigenvalue weighted by Gasteiger charge is 2.48. The lowest BCUT2D eigenvalue weighted by Gasteiger charge is -2.41. The Morgan fingerprint density at radius 2 is 1.25 bits per heavy atom. The zero-order valence-corrected chi connectivity index (χ0v) is 32.8. The number of ether oxygens (including phenoxy) is 2. The molecule has 0 bridgehead atoms. The Balaban J connectivity index is 2.69. The molecular formula is C38H73NO12S. The summed E-state index contributed by atoms with van der Waals surface area (Å²) >= 11 is 0. The third kappa shape index (κ3) is 22.9. The molecule has 308 valence electrons. The van der Waals surface area contributed by atoms with Gasteiger partial charge in [-0.3, -0.25) is 9.35 Å². The van der Waals surface area contributed by atoms with Crippen LogP contribution in [0.15, 0.2) is 12.2 Å². The van der Waals surface area contributed by atoms with Crippen LogP contribution in [0.25, 0.3) is 0 Å². The van der Waals surface area contributed by atoms with Crippen LogP contribution in [-0.2, 0) is 28.9 Å². The molecule has 14 heteroatoms. The van der Waals surface area contributed by atoms with Crippen LogP contribution in [0.3, 0.4) is 0 Å². The molecule has 1 fully saturated rings. The molecule has 1 heterocycles. The highest BCUT2D eigenvalue weighted by Crippen LogP contribution is 2.26. The number of hydrogen-bond donors (Lipinski definition) is 7. The van der Waals surface area contributed by atoms with Crippen LogP contribution < -0.4 is 5.32 Å². The summed E-state index contributed by atoms with van der Waals surface area (Å²) in [5, 5.41) is 54.9. The standard InChI is InChI=1S/C38H73NO12S/c1-3-5-7-9-11-13-15-17-19-21-23-25-27-32(42)37(45)39-30(31(41)26-24-22-20-18-16-14-12-10-8-6-4-2)29-49-38-35(44)36(51-52(46,47)48)34(43)33(28-40)50-38/h24,26,30-36,38,40-44H,3-23,25,27-29H2,1-2H3,(H,39,45)(H,46,47,48)/b26-24+. The summed E-state index contributed by atoms with van der Waals surface area (Å²) in [6, 6.07) is -1.11. The van der Waals surface area contributed by atoms with E-state index >= 15 is 0 Å². The molecule has 0 aliphatic carbocycles. The normalized spacial score (nSPS) is 22.8. The Bertz CT molecular complexity index is 1020. The summed E-state index contributed by atoms with van der Waals surface area (Å²) in [4.78, 5) is 13.0. The van der Waals surface area contributed by atoms with Gasteiger partial charge in [-0.25, -0.2) is 4.18 Å². The number of hydrogen-bond acceptors (Lipinski definition) is 11. The smallest absolute Gasteiger partial charge is 0.394 e. The third-order valence-electron chi connectivity index (χ3n) is 9.68. The number of amides is 1. The SMILES string of the molecule is CCCCCCCCCCC/C=C/C(O)C(COC1OC(CO)C(O)C(OS(=O)(=O)O)C1O)NC(=O)C(O)CCCCCCCCCCCCCC. The molecule has 8 atom stereocenters. The molecule has 7 N–H and O–H groups in total. The lowest BCUT2D eigenvalue weighted by atomic mass is 9.99. The van der Waals surface area contributed by atoms with Crippen molar-refractivity contribution in [2.45, 2.75) is 210 Å². The molecule has 1 aliphatic heterocycles. The second-order valence-corrected chi connectivity index (χ2v) is 15.4. The van der Waals surface area contributed by atoms with Gasteiger partial charge in [-0.05, 0) is 19.3 Å². The van der Waals surface area contributed by atoms with E-state index in [-0.39, 0.29) is 6.42 Å². The molecule has 0 radical (unpaired) electrons. The first-order valence-corrected chi connectivity index (χ1v) is 21.5. The number of carbonyl (C=O) groups is 1. The molecule has 0 spiro atoms. The van der Waals surface area contributed by atoms with Crippen LogP contribution >= 0.6 is 0 Å². The maximum atomic E-state index is 13.0. The van der Waals surface area contributed by atoms with Gasteiger partial charge >= 0.3 is 10.4 Å². The first kappa shape index (κ1) is 48.8. The first-order chi connectivity index (χ1) is 24.9. The van der Waals surface area contributed by atoms with Gasteiger partial charge in [0, 0.05) is 0 Å². The average molecular weight is 768 g/mol. The van der Waals surface area contributed by atoms with Crippen LogP contribution in [0.4, 0.5) is 0 Å². The Labute approximate surface area is 313 Å². The summed E-state index contributed by atoms with van der Waals surface area (Å²) in [6.45, 7) is 3.16. The Morgan fingerprint density at radius 1 is 0.769 bits per heavy atom. The minimum Gasteiger partial charge on any atom is -0.394 e. The second kappa shape index (κ2) is 30.1. The van der Waals surface area contributed by atoms with Crippen molar-refractivity contribution in [2.75, 3.05) is 13.2 Å². The van der Waals surface area contributed by atoms with Gasteiger partial charge in [0.2, 0.25) is 5.91 Å². The number of nitrogens with one attached hydrogen (secondary N) is 1. The van der Waals surface area contributed by atoms with E-state index in [0.29, 0.717) is 12.8 Å². The van der Waals surface area contributed by atoms with Gasteiger partial charge in [0.25, 0.3) is 0 Å². The Kier molecular flexibility index (Phi) is 28.2. The predicted octanol–water partition coefficient (Wildman–Crippen LogP) is 5.40. The fourth-order valence-corrected chi connectivity index (χ4v) is 6.91. The largest absolute Gasteiger partial charge is 0.397 e. The molecule has 52 heavy (non-hydrogen) atoms. The third-order valence-corrected chi connectivity index (χ3v) is 10.1. The van der Waals surface area contributed by atoms with Crippen molar-refractivity contribution in [2.24, 2.45) is 0 Å². The minimum absolute atomic E-state index is 0.247. The van der Waals surface area contributed by atoms with Gasteiger partial charge in [-0.15, -0.1) is 0 Å². The molecule has 0 aromatic carbocycles. The van der Waals surface area contributed by atoms with Crippen molar-refractivity contribution < 1.29 is 57.0 Å². The highest BCUT2D eigenvalue weighted by atomic mass is 32.3. The van der Waals surface area contributed by atoms with Crippen molar-refractivity contribution >= 4 is 16.3 Å². The van der Waals surface area contributed by atoms with Gasteiger partial charge in [0.05, 0.1) is 25.4 Å². The van der Waals surface area contributed by atoms with Gasteiger partial charge < -0.3 is 40.3 Å². The van der Waals surface area contributed by atoms with E-state index in [1.807, 2.05) is 6.08 Å². The summed E-state index contributed by atoms with van der Waals surface area (Å²) in [7, 11) is -5.11. The number of aliphatic hydroxyl groups excluding tert-OH is 5. The fourth-order valence-electron chi connectivity index (χ4n) is 6.40. The molecule has 13 nitrogen and oxygen atoms in total. The van der Waals surface area contributed by atoms with E-state index in [9.17, 15) is 38.7 Å². The maximum absolute atomic E-state index is 13.0. The summed E-state index contributed by atoms with van der Waals surface area (Å²) in [5.41, 5.74) is 0. The quantitative estimate of drug-likeness (QED) is 0.0254. The number of aliphatic hydroxyl groups is 5. The van der Waals surface area contributed by atoms with Gasteiger partial charge in [-0.2, -0.15) is 8.42 Å². The van der Waals surface area contributed by atoms with Crippen molar-refractivity contribution in [1.82, 2.24) is 5.32 Å². The van der Waals surface area contributed by atoms with E-state index in [0.717, 1.165) is 38.5 Å². The van der Waals surface area contributed by atoms with E-state index < -0.39 is 78.5 Å². The molecule has 1 rings (SSSR count). The number of allylic oxidation sites excluding steroid dienone is 1. The number of unbranched alkanes of at least 4 members (excludes halogenated alkanes) is 20. The van der Waals surface area contributed by atoms with E-state index in [1.54, 1.807) is 0 Å². The Morgan fingerprint density at radius 3 is 1.73 bits per heavy atom. The molecule has 1 aliphatic rings. The zero-order valence-electron chi connectivity index (χ0n) is 32.0. The topological polar surface area (TPSA) is 212 Å². The van der Waals surface area contributed by atoms with Crippen LogP contribution in [0.1, 0.15) is 162 Å². The summed E-state index contributed by atoms with van der Waals surface area (Å²) in [5.74, 6) is -0.704. The van der Waals surface area contributed by atoms with Gasteiger partial charge in [0.15, 0.2) is 6.29 Å². The van der Waals surface area contributed by atoms with Crippen molar-refractivity contribution in [1.29, 1.82) is 0 Å². The summed E-state index contributed by atoms with van der Waals surface area (Å²) in [6.07, 6.45) is 17.4. The lowest BCUT2D eigenvalue weighted by molar-refractivity contribution is -0.298. The molecular weight excluding hydrogens is 694 g/mol. The minimum atomic E-state index is -5.11. The lowest BCUT2D eigenvalue weighted by Crippen LogP contribution is -2.61. The van der Waals surface area contributed by atoms with E-state index in [1.165, 1.54) is 96.0 Å². The van der Waals surface area contributed by atoms with Crippen molar-refractivity contribution in [3.8, 4) is 0 Å². The molecule has 0 aromatic heterocycles. The van der Waals surface area contributed by atoms with Gasteiger partial charge in [0.1, 0.15) is 30.5 Å². The van der Waals surface area contributed by atoms with Crippen LogP contribution in [-0.4, -0.2) is 107 Å². The summed E-state index contributed by atoms with van der Waals surface area (Å²) < 4.78 is 47.3. The second-order valence-electron chi connectivity index (χ2n) is 14.4. The van der Waals surface area contributed by atoms with E-state index in [2.05, 4.69) is 23.3 Å². The Hall–Kier alpha value is -1.20. The molecule has 1 amide bonds. The maximum Gasteiger partial charge on any atom is 0.397 e. The van der Waals surface area contributed by atoms with Crippen LogP contribution in [0.2, 0.25) is 0 Å². The van der Waals surface area contributed by atoms with Crippen molar-refractivity contribution in [3.05, 3.63) is 12.2 Å². The monoisotopic (exact) mass is 767 g/mol. The number of carbonyl (C=O) groups excluding carboxylic acids is 1. The van der Waals surface area contributed by atoms with Crippen LogP contribution in [0, 0.1) is 0 Å². The average Bonchev–Trinajstić information content (AvgIpc) is 3.11. The highest BCUT2D eigenvalue weighted by molar-refractivity contribution is 7.80. The van der Waals surface area contributed by atoms with E-state index in [4.69, 9.17) is 14.0 Å².